The molecule has 1 aromatic rings. The smallest absolute Gasteiger partial charge is 0.395 e. The van der Waals surface area contributed by atoms with E-state index < -0.39 is 12.7 Å². The number of alkyl halides is 3. The Balaban J connectivity index is 3.01. The van der Waals surface area contributed by atoms with Gasteiger partial charge in [-0.15, -0.1) is 0 Å². The van der Waals surface area contributed by atoms with Crippen LogP contribution in [0.2, 0.25) is 0 Å². The van der Waals surface area contributed by atoms with Crippen LogP contribution in [0.15, 0.2) is 6.07 Å². The summed E-state index contributed by atoms with van der Waals surface area (Å²) in [6, 6.07) is 1.52. The van der Waals surface area contributed by atoms with Crippen LogP contribution in [0.4, 0.5) is 19.0 Å². The molecule has 0 aliphatic heterocycles. The van der Waals surface area contributed by atoms with Crippen LogP contribution in [0.3, 0.4) is 0 Å². The predicted molar refractivity (Wildman–Crippen MR) is 61.5 cm³/mol. The second-order valence-corrected chi connectivity index (χ2v) is 3.88. The molecule has 0 atom stereocenters. The summed E-state index contributed by atoms with van der Waals surface area (Å²) in [5.74, 6) is 0.625. The lowest BCUT2D eigenvalue weighted by molar-refractivity contribution is -0.120. The Kier molecular flexibility index (Phi) is 4.89. The topological polar surface area (TPSA) is 49.2 Å². The highest BCUT2D eigenvalue weighted by Crippen LogP contribution is 2.21. The van der Waals surface area contributed by atoms with Crippen LogP contribution >= 0.6 is 0 Å². The molecule has 102 valence electrons. The number of aliphatic hydroxyl groups is 1. The lowest BCUT2D eigenvalue weighted by atomic mass is 10.3. The molecule has 0 aliphatic rings. The lowest BCUT2D eigenvalue weighted by Crippen LogP contribution is -2.37. The summed E-state index contributed by atoms with van der Waals surface area (Å²) < 4.78 is 37.3. The first-order chi connectivity index (χ1) is 8.35. The van der Waals surface area contributed by atoms with E-state index in [1.165, 1.54) is 6.07 Å². The molecule has 0 unspecified atom stereocenters. The Morgan fingerprint density at radius 2 is 2.00 bits per heavy atom. The van der Waals surface area contributed by atoms with Gasteiger partial charge in [-0.1, -0.05) is 6.92 Å². The van der Waals surface area contributed by atoms with Gasteiger partial charge in [0, 0.05) is 18.3 Å². The molecule has 1 aromatic heterocycles. The van der Waals surface area contributed by atoms with Gasteiger partial charge in [0.2, 0.25) is 0 Å². The minimum atomic E-state index is -4.33. The van der Waals surface area contributed by atoms with Gasteiger partial charge in [-0.25, -0.2) is 9.97 Å². The van der Waals surface area contributed by atoms with E-state index in [9.17, 15) is 13.2 Å². The van der Waals surface area contributed by atoms with Gasteiger partial charge in [-0.2, -0.15) is 13.2 Å². The first-order valence-corrected chi connectivity index (χ1v) is 5.63. The number of aliphatic hydroxyl groups excluding tert-OH is 1. The molecule has 1 heterocycles. The van der Waals surface area contributed by atoms with E-state index in [0.717, 1.165) is 4.90 Å². The van der Waals surface area contributed by atoms with Crippen LogP contribution in [0.5, 0.6) is 0 Å². The molecule has 0 amide bonds. The molecule has 0 fully saturated rings. The van der Waals surface area contributed by atoms with Crippen molar-refractivity contribution in [3.63, 3.8) is 0 Å². The number of aromatic nitrogens is 2. The largest absolute Gasteiger partial charge is 0.405 e. The molecule has 0 radical (unpaired) electrons. The Labute approximate surface area is 103 Å². The molecular formula is C11H16F3N3O. The average molecular weight is 263 g/mol. The monoisotopic (exact) mass is 263 g/mol. The van der Waals surface area contributed by atoms with Crippen LogP contribution in [0.25, 0.3) is 0 Å². The molecule has 0 saturated carbocycles. The molecule has 0 aromatic carbocycles. The van der Waals surface area contributed by atoms with Gasteiger partial charge in [0.15, 0.2) is 0 Å². The summed E-state index contributed by atoms with van der Waals surface area (Å²) in [6.45, 7) is 1.89. The fourth-order valence-corrected chi connectivity index (χ4v) is 1.57. The van der Waals surface area contributed by atoms with E-state index in [-0.39, 0.29) is 19.0 Å². The molecule has 4 nitrogen and oxygen atoms in total. The van der Waals surface area contributed by atoms with E-state index in [1.807, 2.05) is 6.92 Å². The van der Waals surface area contributed by atoms with Gasteiger partial charge in [0.1, 0.15) is 18.2 Å². The number of rotatable bonds is 5. The minimum absolute atomic E-state index is 0.112. The zero-order valence-electron chi connectivity index (χ0n) is 10.3. The van der Waals surface area contributed by atoms with Crippen LogP contribution in [-0.4, -0.2) is 40.9 Å². The van der Waals surface area contributed by atoms with Gasteiger partial charge in [0.25, 0.3) is 0 Å². The molecule has 1 rings (SSSR count). The van der Waals surface area contributed by atoms with E-state index in [1.54, 1.807) is 6.92 Å². The number of anilines is 1. The Morgan fingerprint density at radius 3 is 2.50 bits per heavy atom. The van der Waals surface area contributed by atoms with Crippen LogP contribution in [0, 0.1) is 6.92 Å². The third-order valence-electron chi connectivity index (χ3n) is 2.30. The van der Waals surface area contributed by atoms with Crippen molar-refractivity contribution in [1.29, 1.82) is 0 Å². The molecule has 0 spiro atoms. The van der Waals surface area contributed by atoms with Crippen molar-refractivity contribution in [3.8, 4) is 0 Å². The second kappa shape index (κ2) is 5.99. The highest BCUT2D eigenvalue weighted by Gasteiger charge is 2.31. The lowest BCUT2D eigenvalue weighted by Gasteiger charge is -2.24. The number of halogens is 3. The maximum absolute atomic E-state index is 12.4. The number of hydrogen-bond acceptors (Lipinski definition) is 4. The fraction of sp³-hybridized carbons (Fsp3) is 0.636. The quantitative estimate of drug-likeness (QED) is 0.878. The summed E-state index contributed by atoms with van der Waals surface area (Å²) in [6.07, 6.45) is -3.71. The number of nitrogens with zero attached hydrogens (tertiary/aromatic N) is 3. The summed E-state index contributed by atoms with van der Waals surface area (Å²) in [5.41, 5.74) is 0.683. The number of aryl methyl sites for hydroxylation is 2. The zero-order valence-corrected chi connectivity index (χ0v) is 10.3. The SMILES string of the molecule is CCc1cc(N(CCO)CC(F)(F)F)nc(C)n1. The first-order valence-electron chi connectivity index (χ1n) is 5.63. The molecule has 1 N–H and O–H groups in total. The summed E-state index contributed by atoms with van der Waals surface area (Å²) in [4.78, 5) is 9.11. The van der Waals surface area contributed by atoms with E-state index in [4.69, 9.17) is 5.11 Å². The van der Waals surface area contributed by atoms with Gasteiger partial charge >= 0.3 is 6.18 Å². The average Bonchev–Trinajstić information content (AvgIpc) is 2.26. The second-order valence-electron chi connectivity index (χ2n) is 3.88. The van der Waals surface area contributed by atoms with Crippen molar-refractivity contribution in [3.05, 3.63) is 17.6 Å². The van der Waals surface area contributed by atoms with Gasteiger partial charge in [-0.05, 0) is 13.3 Å². The van der Waals surface area contributed by atoms with Crippen LogP contribution in [0.1, 0.15) is 18.4 Å². The molecule has 0 saturated heterocycles. The third-order valence-corrected chi connectivity index (χ3v) is 2.30. The van der Waals surface area contributed by atoms with E-state index >= 15 is 0 Å². The van der Waals surface area contributed by atoms with Crippen LogP contribution < -0.4 is 4.90 Å². The third kappa shape index (κ3) is 4.48. The maximum Gasteiger partial charge on any atom is 0.405 e. The first kappa shape index (κ1) is 14.7. The normalized spacial score (nSPS) is 11.7. The van der Waals surface area contributed by atoms with Gasteiger partial charge in [0.05, 0.1) is 6.61 Å². The summed E-state index contributed by atoms with van der Waals surface area (Å²) >= 11 is 0. The van der Waals surface area contributed by atoms with Crippen molar-refractivity contribution in [1.82, 2.24) is 9.97 Å². The minimum Gasteiger partial charge on any atom is -0.395 e. The fourth-order valence-electron chi connectivity index (χ4n) is 1.57. The standard InChI is InChI=1S/C11H16F3N3O/c1-3-9-6-10(16-8(2)15-9)17(4-5-18)7-11(12,13)14/h6,18H,3-5,7H2,1-2H3. The van der Waals surface area contributed by atoms with Crippen molar-refractivity contribution in [2.45, 2.75) is 26.4 Å². The van der Waals surface area contributed by atoms with Gasteiger partial charge < -0.3 is 10.0 Å². The Bertz CT molecular complexity index is 396. The highest BCUT2D eigenvalue weighted by molar-refractivity contribution is 5.40. The molecule has 0 aliphatic carbocycles. The predicted octanol–water partition coefficient (Wildman–Crippen LogP) is 1.71. The highest BCUT2D eigenvalue weighted by atomic mass is 19.4. The maximum atomic E-state index is 12.4. The molecular weight excluding hydrogens is 247 g/mol. The summed E-state index contributed by atoms with van der Waals surface area (Å²) in [5, 5.41) is 8.84. The van der Waals surface area contributed by atoms with Crippen molar-refractivity contribution in [2.75, 3.05) is 24.6 Å². The van der Waals surface area contributed by atoms with Gasteiger partial charge in [-0.3, -0.25) is 0 Å². The summed E-state index contributed by atoms with van der Waals surface area (Å²) in [7, 11) is 0. The number of hydrogen-bond donors (Lipinski definition) is 1. The van der Waals surface area contributed by atoms with Crippen molar-refractivity contribution >= 4 is 5.82 Å². The zero-order chi connectivity index (χ0) is 13.8. The molecule has 18 heavy (non-hydrogen) atoms. The van der Waals surface area contributed by atoms with E-state index in [2.05, 4.69) is 9.97 Å². The molecule has 7 heteroatoms. The molecule has 0 bridgehead atoms. The van der Waals surface area contributed by atoms with Crippen molar-refractivity contribution < 1.29 is 18.3 Å². The van der Waals surface area contributed by atoms with Crippen LogP contribution in [-0.2, 0) is 6.42 Å². The Hall–Kier alpha value is -1.37. The van der Waals surface area contributed by atoms with Crippen molar-refractivity contribution in [2.24, 2.45) is 0 Å². The Morgan fingerprint density at radius 1 is 1.33 bits per heavy atom. The van der Waals surface area contributed by atoms with E-state index in [0.29, 0.717) is 17.9 Å².